The number of alkyl halides is 7. The van der Waals surface area contributed by atoms with Crippen molar-refractivity contribution in [3.05, 3.63) is 0 Å². The maximum atomic E-state index is 12.6. The molecule has 0 fully saturated rings. The molecular formula is C4HClF5IO2. The van der Waals surface area contributed by atoms with Crippen molar-refractivity contribution >= 4 is 40.2 Å². The van der Waals surface area contributed by atoms with Gasteiger partial charge in [0.15, 0.2) is 0 Å². The smallest absolute Gasteiger partial charge is 0.392 e. The van der Waals surface area contributed by atoms with Crippen LogP contribution >= 0.6 is 34.2 Å². The zero-order chi connectivity index (χ0) is 11.1. The van der Waals surface area contributed by atoms with E-state index in [1.165, 1.54) is 0 Å². The lowest BCUT2D eigenvalue weighted by Crippen LogP contribution is -2.54. The van der Waals surface area contributed by atoms with Crippen LogP contribution in [0.4, 0.5) is 22.0 Å². The molecule has 0 rings (SSSR count). The van der Waals surface area contributed by atoms with Crippen LogP contribution in [0.2, 0.25) is 0 Å². The van der Waals surface area contributed by atoms with Gasteiger partial charge in [-0.3, -0.25) is 0 Å². The Morgan fingerprint density at radius 3 is 1.62 bits per heavy atom. The molecule has 2 nitrogen and oxygen atoms in total. The summed E-state index contributed by atoms with van der Waals surface area (Å²) in [7, 11) is 0. The Labute approximate surface area is 87.2 Å². The molecule has 1 atom stereocenters. The number of aliphatic carboxylic acids is 1. The second-order valence-corrected chi connectivity index (χ2v) is 3.91. The summed E-state index contributed by atoms with van der Waals surface area (Å²) in [6.45, 7) is 0. The number of carbonyl (C=O) groups is 1. The van der Waals surface area contributed by atoms with Crippen LogP contribution in [0.1, 0.15) is 0 Å². The van der Waals surface area contributed by atoms with Gasteiger partial charge >= 0.3 is 20.9 Å². The normalized spacial score (nSPS) is 18.1. The van der Waals surface area contributed by atoms with Gasteiger partial charge in [-0.25, -0.2) is 9.18 Å². The SMILES string of the molecule is O=C(O)C(F)(F)C(F)(I)C(F)(F)Cl. The average molecular weight is 338 g/mol. The van der Waals surface area contributed by atoms with Crippen LogP contribution in [0.3, 0.4) is 0 Å². The lowest BCUT2D eigenvalue weighted by atomic mass is 10.2. The fourth-order valence-corrected chi connectivity index (χ4v) is 0.662. The van der Waals surface area contributed by atoms with Crippen molar-refractivity contribution in [3.63, 3.8) is 0 Å². The third-order valence-electron chi connectivity index (χ3n) is 1.02. The number of halogens is 7. The molecule has 0 aromatic carbocycles. The van der Waals surface area contributed by atoms with Crippen molar-refractivity contribution in [2.24, 2.45) is 0 Å². The molecule has 0 aromatic heterocycles. The van der Waals surface area contributed by atoms with E-state index in [0.717, 1.165) is 0 Å². The Morgan fingerprint density at radius 2 is 1.54 bits per heavy atom. The molecule has 0 aliphatic rings. The van der Waals surface area contributed by atoms with Gasteiger partial charge in [-0.15, -0.1) is 0 Å². The fourth-order valence-electron chi connectivity index (χ4n) is 0.312. The van der Waals surface area contributed by atoms with Gasteiger partial charge in [0.1, 0.15) is 0 Å². The number of hydrogen-bond donors (Lipinski definition) is 1. The molecule has 0 aliphatic carbocycles. The van der Waals surface area contributed by atoms with Gasteiger partial charge in [-0.2, -0.15) is 17.6 Å². The molecule has 0 saturated carbocycles. The zero-order valence-electron chi connectivity index (χ0n) is 5.50. The van der Waals surface area contributed by atoms with Gasteiger partial charge in [-0.05, 0) is 34.2 Å². The fraction of sp³-hybridized carbons (Fsp3) is 0.750. The third-order valence-corrected chi connectivity index (χ3v) is 2.95. The monoisotopic (exact) mass is 338 g/mol. The quantitative estimate of drug-likeness (QED) is 0.488. The molecule has 0 saturated heterocycles. The first-order valence-electron chi connectivity index (χ1n) is 2.50. The Bertz CT molecular complexity index is 225. The van der Waals surface area contributed by atoms with Crippen LogP contribution in [0, 0.1) is 0 Å². The van der Waals surface area contributed by atoms with Crippen LogP contribution in [-0.2, 0) is 4.79 Å². The Morgan fingerprint density at radius 1 is 1.23 bits per heavy atom. The molecule has 0 radical (unpaired) electrons. The van der Waals surface area contributed by atoms with Gasteiger partial charge in [0, 0.05) is 0 Å². The standard InChI is InChI=1S/C4HClF5IO2/c5-4(9,10)3(8,11)2(6,7)1(12)13/h(H,12,13). The van der Waals surface area contributed by atoms with Crippen LogP contribution < -0.4 is 0 Å². The molecule has 0 amide bonds. The van der Waals surface area contributed by atoms with Crippen molar-refractivity contribution in [1.29, 1.82) is 0 Å². The molecule has 78 valence electrons. The molecule has 0 spiro atoms. The van der Waals surface area contributed by atoms with Gasteiger partial charge in [-0.1, -0.05) is 0 Å². The highest BCUT2D eigenvalue weighted by atomic mass is 127. The van der Waals surface area contributed by atoms with Crippen LogP contribution in [0.5, 0.6) is 0 Å². The van der Waals surface area contributed by atoms with E-state index in [2.05, 4.69) is 11.6 Å². The van der Waals surface area contributed by atoms with Crippen molar-refractivity contribution in [2.75, 3.05) is 0 Å². The Kier molecular flexibility index (Phi) is 3.41. The predicted molar refractivity (Wildman–Crippen MR) is 41.2 cm³/mol. The Balaban J connectivity index is 5.16. The van der Waals surface area contributed by atoms with E-state index in [4.69, 9.17) is 5.11 Å². The number of hydrogen-bond acceptors (Lipinski definition) is 1. The summed E-state index contributed by atoms with van der Waals surface area (Å²) >= 11 is 3.96. The molecular weight excluding hydrogens is 337 g/mol. The third kappa shape index (κ3) is 2.14. The molecule has 13 heavy (non-hydrogen) atoms. The molecule has 0 aromatic rings. The lowest BCUT2D eigenvalue weighted by Gasteiger charge is -2.27. The summed E-state index contributed by atoms with van der Waals surface area (Å²) in [4.78, 5) is 9.73. The minimum absolute atomic E-state index is 0.0390. The van der Waals surface area contributed by atoms with E-state index >= 15 is 0 Å². The van der Waals surface area contributed by atoms with E-state index in [1.54, 1.807) is 0 Å². The topological polar surface area (TPSA) is 37.3 Å². The van der Waals surface area contributed by atoms with E-state index < -0.39 is 20.9 Å². The highest BCUT2D eigenvalue weighted by Gasteiger charge is 2.72. The highest BCUT2D eigenvalue weighted by molar-refractivity contribution is 14.1. The van der Waals surface area contributed by atoms with Crippen LogP contribution in [-0.4, -0.2) is 26.1 Å². The summed E-state index contributed by atoms with van der Waals surface area (Å²) in [6.07, 6.45) is 0. The van der Waals surface area contributed by atoms with E-state index in [9.17, 15) is 26.7 Å². The highest BCUT2D eigenvalue weighted by Crippen LogP contribution is 2.51. The van der Waals surface area contributed by atoms with Gasteiger partial charge in [0.2, 0.25) is 0 Å². The van der Waals surface area contributed by atoms with Crippen molar-refractivity contribution in [3.8, 4) is 0 Å². The van der Waals surface area contributed by atoms with Gasteiger partial charge < -0.3 is 5.11 Å². The molecule has 0 bridgehead atoms. The first-order valence-corrected chi connectivity index (χ1v) is 3.96. The van der Waals surface area contributed by atoms with Crippen molar-refractivity contribution in [2.45, 2.75) is 15.0 Å². The Hall–Kier alpha value is 0.140. The van der Waals surface area contributed by atoms with Crippen molar-refractivity contribution in [1.82, 2.24) is 0 Å². The molecule has 0 aliphatic heterocycles. The van der Waals surface area contributed by atoms with Crippen LogP contribution in [0.25, 0.3) is 0 Å². The zero-order valence-corrected chi connectivity index (χ0v) is 8.41. The molecule has 0 heterocycles. The molecule has 1 N–H and O–H groups in total. The average Bonchev–Trinajstić information content (AvgIpc) is 1.84. The van der Waals surface area contributed by atoms with E-state index in [-0.39, 0.29) is 22.6 Å². The maximum absolute atomic E-state index is 12.6. The molecule has 9 heteroatoms. The molecule has 1 unspecified atom stereocenters. The maximum Gasteiger partial charge on any atom is 0.392 e. The minimum atomic E-state index is -5.27. The second kappa shape index (κ2) is 3.37. The summed E-state index contributed by atoms with van der Waals surface area (Å²) in [5.74, 6) is -8.27. The number of carboxylic acid groups (broad SMARTS) is 1. The first kappa shape index (κ1) is 13.1. The summed E-state index contributed by atoms with van der Waals surface area (Å²) < 4.78 is 56.5. The van der Waals surface area contributed by atoms with Gasteiger partial charge in [0.25, 0.3) is 0 Å². The number of carboxylic acids is 1. The summed E-state index contributed by atoms with van der Waals surface area (Å²) in [5, 5.41) is 2.78. The van der Waals surface area contributed by atoms with Crippen LogP contribution in [0.15, 0.2) is 0 Å². The first-order chi connectivity index (χ1) is 5.44. The largest absolute Gasteiger partial charge is 0.477 e. The predicted octanol–water partition coefficient (Wildman–Crippen LogP) is 2.64. The summed E-state index contributed by atoms with van der Waals surface area (Å²) in [5.41, 5.74) is 0. The van der Waals surface area contributed by atoms with E-state index in [0.29, 0.717) is 0 Å². The number of rotatable bonds is 3. The lowest BCUT2D eigenvalue weighted by molar-refractivity contribution is -0.194. The van der Waals surface area contributed by atoms with Crippen molar-refractivity contribution < 1.29 is 31.9 Å². The minimum Gasteiger partial charge on any atom is -0.477 e. The van der Waals surface area contributed by atoms with Gasteiger partial charge in [0.05, 0.1) is 0 Å². The second-order valence-electron chi connectivity index (χ2n) is 1.95. The summed E-state index contributed by atoms with van der Waals surface area (Å²) in [6, 6.07) is 0. The van der Waals surface area contributed by atoms with E-state index in [1.807, 2.05) is 0 Å².